The summed E-state index contributed by atoms with van der Waals surface area (Å²) in [5.74, 6) is 1.26. The second kappa shape index (κ2) is 2.74. The largest absolute Gasteiger partial charge is 0.256 e. The molecule has 1 fully saturated rings. The predicted octanol–water partition coefficient (Wildman–Crippen LogP) is 3.02. The van der Waals surface area contributed by atoms with Crippen LogP contribution >= 0.6 is 11.8 Å². The van der Waals surface area contributed by atoms with E-state index < -0.39 is 0 Å². The molecule has 2 heteroatoms. The molecule has 1 aromatic heterocycles. The normalized spacial score (nSPS) is 20.5. The topological polar surface area (TPSA) is 12.9 Å². The van der Waals surface area contributed by atoms with Crippen LogP contribution in [0.25, 0.3) is 10.9 Å². The molecule has 1 unspecified atom stereocenters. The first-order valence-corrected chi connectivity index (χ1v) is 5.45. The lowest BCUT2D eigenvalue weighted by Gasteiger charge is -2.01. The van der Waals surface area contributed by atoms with Gasteiger partial charge in [0.05, 0.1) is 5.52 Å². The minimum Gasteiger partial charge on any atom is -0.256 e. The van der Waals surface area contributed by atoms with E-state index in [0.29, 0.717) is 5.25 Å². The Kier molecular flexibility index (Phi) is 1.56. The van der Waals surface area contributed by atoms with E-state index in [2.05, 4.69) is 29.2 Å². The predicted molar refractivity (Wildman–Crippen MR) is 56.9 cm³/mol. The second-order valence-electron chi connectivity index (χ2n) is 3.24. The molecular weight excluding hydrogens is 178 g/mol. The molecule has 0 bridgehead atoms. The van der Waals surface area contributed by atoms with Crippen LogP contribution in [0.2, 0.25) is 0 Å². The van der Waals surface area contributed by atoms with Crippen LogP contribution < -0.4 is 0 Å². The van der Waals surface area contributed by atoms with Crippen molar-refractivity contribution in [3.63, 3.8) is 0 Å². The zero-order valence-electron chi connectivity index (χ0n) is 7.10. The molecule has 0 aliphatic carbocycles. The number of benzene rings is 1. The van der Waals surface area contributed by atoms with E-state index in [-0.39, 0.29) is 0 Å². The van der Waals surface area contributed by atoms with Crippen molar-refractivity contribution in [3.05, 3.63) is 42.1 Å². The van der Waals surface area contributed by atoms with Gasteiger partial charge >= 0.3 is 0 Å². The minimum absolute atomic E-state index is 0.707. The second-order valence-corrected chi connectivity index (χ2v) is 4.48. The lowest BCUT2D eigenvalue weighted by Crippen LogP contribution is -1.85. The van der Waals surface area contributed by atoms with Crippen LogP contribution in [0, 0.1) is 0 Å². The van der Waals surface area contributed by atoms with E-state index in [0.717, 1.165) is 0 Å². The number of fused-ring (bicyclic) bond motifs is 1. The summed E-state index contributed by atoms with van der Waals surface area (Å²) in [6.07, 6.45) is 1.87. The smallest absolute Gasteiger partial charge is 0.0745 e. The van der Waals surface area contributed by atoms with Crippen molar-refractivity contribution in [2.75, 3.05) is 5.75 Å². The van der Waals surface area contributed by atoms with Gasteiger partial charge in [0.25, 0.3) is 0 Å². The van der Waals surface area contributed by atoms with Crippen LogP contribution in [-0.2, 0) is 0 Å². The van der Waals surface area contributed by atoms with Crippen molar-refractivity contribution >= 4 is 22.7 Å². The summed E-state index contributed by atoms with van der Waals surface area (Å²) >= 11 is 2.00. The molecule has 2 aromatic rings. The molecule has 0 radical (unpaired) electrons. The van der Waals surface area contributed by atoms with Crippen molar-refractivity contribution in [1.29, 1.82) is 0 Å². The molecule has 1 aliphatic heterocycles. The Hall–Kier alpha value is -1.02. The minimum atomic E-state index is 0.707. The Morgan fingerprint density at radius 3 is 2.92 bits per heavy atom. The average molecular weight is 187 g/mol. The lowest BCUT2D eigenvalue weighted by atomic mass is 10.1. The molecule has 0 amide bonds. The molecule has 1 aromatic carbocycles. The maximum atomic E-state index is 4.43. The Morgan fingerprint density at radius 2 is 2.08 bits per heavy atom. The fourth-order valence-electron chi connectivity index (χ4n) is 1.62. The van der Waals surface area contributed by atoms with Gasteiger partial charge in [-0.25, -0.2) is 0 Å². The summed E-state index contributed by atoms with van der Waals surface area (Å²) in [5.41, 5.74) is 2.59. The maximum Gasteiger partial charge on any atom is 0.0745 e. The third-order valence-corrected chi connectivity index (χ3v) is 3.26. The van der Waals surface area contributed by atoms with Crippen LogP contribution in [0.4, 0.5) is 0 Å². The molecule has 0 saturated carbocycles. The monoisotopic (exact) mass is 187 g/mol. The van der Waals surface area contributed by atoms with E-state index in [4.69, 9.17) is 0 Å². The first-order valence-electron chi connectivity index (χ1n) is 4.40. The van der Waals surface area contributed by atoms with Crippen molar-refractivity contribution in [3.8, 4) is 0 Å². The Balaban J connectivity index is 2.32. The molecule has 2 heterocycles. The van der Waals surface area contributed by atoms with Gasteiger partial charge in [-0.2, -0.15) is 11.8 Å². The number of hydrogen-bond donors (Lipinski definition) is 0. The summed E-state index contributed by atoms with van der Waals surface area (Å²) in [6.45, 7) is 0. The molecular formula is C11H9NS. The molecule has 64 valence electrons. The van der Waals surface area contributed by atoms with Gasteiger partial charge in [-0.1, -0.05) is 24.3 Å². The fraction of sp³-hybridized carbons (Fsp3) is 0.182. The summed E-state index contributed by atoms with van der Waals surface area (Å²) in [5, 5.41) is 1.96. The fourth-order valence-corrected chi connectivity index (χ4v) is 2.26. The summed E-state index contributed by atoms with van der Waals surface area (Å²) in [6, 6.07) is 10.6. The lowest BCUT2D eigenvalue weighted by molar-refractivity contribution is 1.23. The van der Waals surface area contributed by atoms with E-state index in [9.17, 15) is 0 Å². The molecule has 1 atom stereocenters. The first kappa shape index (κ1) is 7.39. The molecule has 13 heavy (non-hydrogen) atoms. The van der Waals surface area contributed by atoms with Gasteiger partial charge in [-0.15, -0.1) is 0 Å². The third kappa shape index (κ3) is 1.22. The maximum absolute atomic E-state index is 4.43. The average Bonchev–Trinajstić information content (AvgIpc) is 3.00. The number of rotatable bonds is 1. The van der Waals surface area contributed by atoms with Gasteiger partial charge in [0.1, 0.15) is 0 Å². The van der Waals surface area contributed by atoms with E-state index in [1.165, 1.54) is 22.2 Å². The summed E-state index contributed by atoms with van der Waals surface area (Å²) < 4.78 is 0. The van der Waals surface area contributed by atoms with E-state index in [1.54, 1.807) is 0 Å². The summed E-state index contributed by atoms with van der Waals surface area (Å²) in [7, 11) is 0. The first-order chi connectivity index (χ1) is 6.45. The number of thioether (sulfide) groups is 1. The van der Waals surface area contributed by atoms with Crippen molar-refractivity contribution in [1.82, 2.24) is 4.98 Å². The highest BCUT2D eigenvalue weighted by molar-refractivity contribution is 8.06. The molecule has 3 rings (SSSR count). The number of aromatic nitrogens is 1. The van der Waals surface area contributed by atoms with Crippen LogP contribution in [0.5, 0.6) is 0 Å². The summed E-state index contributed by atoms with van der Waals surface area (Å²) in [4.78, 5) is 4.43. The highest BCUT2D eigenvalue weighted by Crippen LogP contribution is 2.47. The van der Waals surface area contributed by atoms with Gasteiger partial charge < -0.3 is 0 Å². The highest BCUT2D eigenvalue weighted by Gasteiger charge is 2.26. The molecule has 1 nitrogen and oxygen atoms in total. The molecule has 1 aliphatic rings. The van der Waals surface area contributed by atoms with Gasteiger partial charge in [0.15, 0.2) is 0 Å². The Labute approximate surface area is 81.2 Å². The van der Waals surface area contributed by atoms with Crippen molar-refractivity contribution in [2.45, 2.75) is 5.25 Å². The van der Waals surface area contributed by atoms with Crippen molar-refractivity contribution < 1.29 is 0 Å². The van der Waals surface area contributed by atoms with Gasteiger partial charge in [-0.3, -0.25) is 4.98 Å². The quantitative estimate of drug-likeness (QED) is 0.636. The van der Waals surface area contributed by atoms with Crippen LogP contribution in [0.3, 0.4) is 0 Å². The van der Waals surface area contributed by atoms with Crippen LogP contribution in [-0.4, -0.2) is 10.7 Å². The zero-order valence-corrected chi connectivity index (χ0v) is 7.92. The number of pyridine rings is 1. The van der Waals surface area contributed by atoms with Crippen LogP contribution in [0.1, 0.15) is 10.8 Å². The van der Waals surface area contributed by atoms with Gasteiger partial charge in [0, 0.05) is 22.6 Å². The molecule has 0 spiro atoms. The molecule has 0 N–H and O–H groups in total. The van der Waals surface area contributed by atoms with E-state index in [1.807, 2.05) is 24.0 Å². The number of hydrogen-bond acceptors (Lipinski definition) is 2. The molecule has 1 saturated heterocycles. The zero-order chi connectivity index (χ0) is 8.67. The van der Waals surface area contributed by atoms with Gasteiger partial charge in [0.2, 0.25) is 0 Å². The highest BCUT2D eigenvalue weighted by atomic mass is 32.2. The van der Waals surface area contributed by atoms with Gasteiger partial charge in [-0.05, 0) is 11.6 Å². The number of para-hydroxylation sites is 1. The number of nitrogens with zero attached hydrogens (tertiary/aromatic N) is 1. The third-order valence-electron chi connectivity index (χ3n) is 2.34. The standard InChI is InChI=1S/C11H9NS/c1-3-8-4-2-6-12-11(8)9(5-1)10-7-13-10/h1-6,10H,7H2. The van der Waals surface area contributed by atoms with Crippen LogP contribution in [0.15, 0.2) is 36.5 Å². The Morgan fingerprint density at radius 1 is 1.23 bits per heavy atom. The SMILES string of the molecule is c1cnc2c(C3CS3)cccc2c1. The van der Waals surface area contributed by atoms with E-state index >= 15 is 0 Å². The Bertz CT molecular complexity index is 443. The van der Waals surface area contributed by atoms with Crippen molar-refractivity contribution in [2.24, 2.45) is 0 Å².